The number of nitrogens with one attached hydrogen (secondary N) is 1. The van der Waals surface area contributed by atoms with Gasteiger partial charge in [0.2, 0.25) is 0 Å². The Morgan fingerprint density at radius 2 is 1.84 bits per heavy atom. The Morgan fingerprint density at radius 1 is 1.26 bits per heavy atom. The van der Waals surface area contributed by atoms with Gasteiger partial charge < -0.3 is 11.1 Å². The monoisotopic (exact) mass is 318 g/mol. The number of rotatable bonds is 3. The van der Waals surface area contributed by atoms with Gasteiger partial charge in [-0.3, -0.25) is 0 Å². The summed E-state index contributed by atoms with van der Waals surface area (Å²) in [6.45, 7) is 8.61. The smallest absolute Gasteiger partial charge is 0.0800 e. The summed E-state index contributed by atoms with van der Waals surface area (Å²) in [5.41, 5.74) is 6.43. The van der Waals surface area contributed by atoms with Crippen LogP contribution >= 0.6 is 35.4 Å². The van der Waals surface area contributed by atoms with E-state index in [-0.39, 0.29) is 5.41 Å². The highest BCUT2D eigenvalue weighted by Gasteiger charge is 2.42. The molecule has 0 heterocycles. The van der Waals surface area contributed by atoms with Crippen molar-refractivity contribution in [1.29, 1.82) is 0 Å². The summed E-state index contributed by atoms with van der Waals surface area (Å²) in [7, 11) is 0. The maximum absolute atomic E-state index is 6.13. The number of thiocarbonyl (C=S) groups is 1. The average Bonchev–Trinajstić information content (AvgIpc) is 2.27. The van der Waals surface area contributed by atoms with Crippen molar-refractivity contribution in [2.24, 2.45) is 11.1 Å². The summed E-state index contributed by atoms with van der Waals surface area (Å²) in [6.07, 6.45) is 0. The first-order chi connectivity index (χ1) is 8.64. The SMILES string of the molecule is CC(=S)NC(CN)(c1ccc(Cl)c(Cl)c1)C(C)(C)C. The van der Waals surface area contributed by atoms with Crippen molar-refractivity contribution in [2.45, 2.75) is 33.2 Å². The number of halogens is 2. The van der Waals surface area contributed by atoms with Crippen LogP contribution in [0.4, 0.5) is 0 Å². The van der Waals surface area contributed by atoms with E-state index in [1.54, 1.807) is 6.07 Å². The van der Waals surface area contributed by atoms with Crippen LogP contribution in [-0.4, -0.2) is 11.5 Å². The molecule has 19 heavy (non-hydrogen) atoms. The minimum atomic E-state index is -0.479. The second-order valence-electron chi connectivity index (χ2n) is 5.67. The quantitative estimate of drug-likeness (QED) is 0.823. The zero-order chi connectivity index (χ0) is 14.8. The van der Waals surface area contributed by atoms with E-state index in [9.17, 15) is 0 Å². The summed E-state index contributed by atoms with van der Waals surface area (Å²) in [4.78, 5) is 0.700. The lowest BCUT2D eigenvalue weighted by atomic mass is 9.69. The predicted molar refractivity (Wildman–Crippen MR) is 88.1 cm³/mol. The largest absolute Gasteiger partial charge is 0.369 e. The Morgan fingerprint density at radius 3 is 2.21 bits per heavy atom. The average molecular weight is 319 g/mol. The van der Waals surface area contributed by atoms with E-state index in [1.807, 2.05) is 19.1 Å². The maximum atomic E-state index is 6.13. The third-order valence-electron chi connectivity index (χ3n) is 3.39. The van der Waals surface area contributed by atoms with Gasteiger partial charge in [-0.2, -0.15) is 0 Å². The van der Waals surface area contributed by atoms with Crippen LogP contribution in [0.15, 0.2) is 18.2 Å². The van der Waals surface area contributed by atoms with Gasteiger partial charge in [0.1, 0.15) is 0 Å². The van der Waals surface area contributed by atoms with E-state index in [1.165, 1.54) is 0 Å². The summed E-state index contributed by atoms with van der Waals surface area (Å²) in [6, 6.07) is 5.58. The van der Waals surface area contributed by atoms with Gasteiger partial charge >= 0.3 is 0 Å². The normalized spacial score (nSPS) is 14.9. The summed E-state index contributed by atoms with van der Waals surface area (Å²) in [5.74, 6) is 0. The molecule has 0 aromatic heterocycles. The fourth-order valence-electron chi connectivity index (χ4n) is 2.23. The minimum absolute atomic E-state index is 0.140. The second-order valence-corrected chi connectivity index (χ2v) is 7.10. The van der Waals surface area contributed by atoms with Crippen LogP contribution in [0.2, 0.25) is 10.0 Å². The molecule has 0 saturated carbocycles. The van der Waals surface area contributed by atoms with E-state index in [0.29, 0.717) is 21.6 Å². The van der Waals surface area contributed by atoms with E-state index >= 15 is 0 Å². The molecule has 0 bridgehead atoms. The van der Waals surface area contributed by atoms with Gasteiger partial charge in [-0.1, -0.05) is 62.3 Å². The van der Waals surface area contributed by atoms with Crippen molar-refractivity contribution in [3.8, 4) is 0 Å². The fourth-order valence-corrected chi connectivity index (χ4v) is 2.70. The van der Waals surface area contributed by atoms with Gasteiger partial charge in [0.05, 0.1) is 20.6 Å². The number of hydrogen-bond acceptors (Lipinski definition) is 2. The van der Waals surface area contributed by atoms with Crippen LogP contribution in [0.25, 0.3) is 0 Å². The summed E-state index contributed by atoms with van der Waals surface area (Å²) >= 11 is 17.3. The molecule has 0 fully saturated rings. The zero-order valence-corrected chi connectivity index (χ0v) is 14.0. The van der Waals surface area contributed by atoms with Gasteiger partial charge in [0.25, 0.3) is 0 Å². The van der Waals surface area contributed by atoms with Crippen molar-refractivity contribution in [2.75, 3.05) is 6.54 Å². The highest BCUT2D eigenvalue weighted by Crippen LogP contribution is 2.40. The third-order valence-corrected chi connectivity index (χ3v) is 4.23. The van der Waals surface area contributed by atoms with Gasteiger partial charge in [0, 0.05) is 6.54 Å². The molecular formula is C14H20Cl2N2S. The molecule has 0 radical (unpaired) electrons. The molecule has 1 unspecified atom stereocenters. The van der Waals surface area contributed by atoms with Crippen LogP contribution in [-0.2, 0) is 5.54 Å². The standard InChI is InChI=1S/C14H20Cl2N2S/c1-9(19)18-14(8-17,13(2,3)4)10-5-6-11(15)12(16)7-10/h5-7H,8,17H2,1-4H3,(H,18,19). The van der Waals surface area contributed by atoms with E-state index in [4.69, 9.17) is 41.2 Å². The van der Waals surface area contributed by atoms with Crippen molar-refractivity contribution in [3.63, 3.8) is 0 Å². The lowest BCUT2D eigenvalue weighted by Crippen LogP contribution is -2.58. The molecule has 0 aliphatic carbocycles. The molecule has 0 aliphatic rings. The lowest BCUT2D eigenvalue weighted by molar-refractivity contribution is 0.170. The maximum Gasteiger partial charge on any atom is 0.0800 e. The van der Waals surface area contributed by atoms with Crippen LogP contribution in [0.3, 0.4) is 0 Å². The van der Waals surface area contributed by atoms with Gasteiger partial charge in [-0.15, -0.1) is 0 Å². The highest BCUT2D eigenvalue weighted by molar-refractivity contribution is 7.80. The van der Waals surface area contributed by atoms with E-state index in [2.05, 4.69) is 26.1 Å². The van der Waals surface area contributed by atoms with Crippen LogP contribution in [0.5, 0.6) is 0 Å². The molecule has 5 heteroatoms. The molecule has 1 aromatic carbocycles. The number of benzene rings is 1. The molecule has 106 valence electrons. The van der Waals surface area contributed by atoms with E-state index < -0.39 is 5.54 Å². The van der Waals surface area contributed by atoms with Crippen molar-refractivity contribution < 1.29 is 0 Å². The van der Waals surface area contributed by atoms with Crippen LogP contribution < -0.4 is 11.1 Å². The molecule has 1 aromatic rings. The van der Waals surface area contributed by atoms with Crippen molar-refractivity contribution in [3.05, 3.63) is 33.8 Å². The van der Waals surface area contributed by atoms with Gasteiger partial charge in [0.15, 0.2) is 0 Å². The first-order valence-electron chi connectivity index (χ1n) is 6.08. The molecule has 0 amide bonds. The zero-order valence-electron chi connectivity index (χ0n) is 11.7. The Bertz CT molecular complexity index is 483. The Hall–Kier alpha value is -0.350. The summed E-state index contributed by atoms with van der Waals surface area (Å²) in [5, 5.41) is 4.40. The number of hydrogen-bond donors (Lipinski definition) is 2. The second kappa shape index (κ2) is 5.96. The van der Waals surface area contributed by atoms with E-state index in [0.717, 1.165) is 5.56 Å². The van der Waals surface area contributed by atoms with Crippen LogP contribution in [0.1, 0.15) is 33.3 Å². The van der Waals surface area contributed by atoms with Gasteiger partial charge in [-0.25, -0.2) is 0 Å². The highest BCUT2D eigenvalue weighted by atomic mass is 35.5. The predicted octanol–water partition coefficient (Wildman–Crippen LogP) is 4.13. The first-order valence-corrected chi connectivity index (χ1v) is 7.25. The van der Waals surface area contributed by atoms with Crippen molar-refractivity contribution >= 4 is 40.4 Å². The molecule has 1 rings (SSSR count). The number of nitrogens with two attached hydrogens (primary N) is 1. The fraction of sp³-hybridized carbons (Fsp3) is 0.500. The molecule has 0 aliphatic heterocycles. The minimum Gasteiger partial charge on any atom is -0.369 e. The third kappa shape index (κ3) is 3.40. The Balaban J connectivity index is 3.45. The molecule has 1 atom stereocenters. The van der Waals surface area contributed by atoms with Crippen molar-refractivity contribution in [1.82, 2.24) is 5.32 Å². The first kappa shape index (κ1) is 16.7. The topological polar surface area (TPSA) is 38.0 Å². The van der Waals surface area contributed by atoms with Gasteiger partial charge in [-0.05, 0) is 30.0 Å². The summed E-state index contributed by atoms with van der Waals surface area (Å²) < 4.78 is 0. The molecule has 0 saturated heterocycles. The molecular weight excluding hydrogens is 299 g/mol. The molecule has 2 nitrogen and oxygen atoms in total. The lowest BCUT2D eigenvalue weighted by Gasteiger charge is -2.46. The Labute approximate surface area is 130 Å². The Kier molecular flexibility index (Phi) is 5.24. The molecule has 3 N–H and O–H groups in total. The molecule has 0 spiro atoms. The van der Waals surface area contributed by atoms with Crippen LogP contribution in [0, 0.1) is 5.41 Å².